The van der Waals surface area contributed by atoms with Crippen molar-refractivity contribution in [2.45, 2.75) is 147 Å². The number of phenolic OH excluding ortho intramolecular Hbond substituents is 1. The van der Waals surface area contributed by atoms with Gasteiger partial charge in [-0.15, -0.1) is 0 Å². The fraction of sp³-hybridized carbons (Fsp3) is 0.474. The van der Waals surface area contributed by atoms with Gasteiger partial charge in [0.15, 0.2) is 0 Å². The van der Waals surface area contributed by atoms with Crippen LogP contribution in [-0.2, 0) is 73.9 Å². The van der Waals surface area contributed by atoms with Gasteiger partial charge in [-0.05, 0) is 79.2 Å². The Hall–Kier alpha value is -8.30. The number of nitrogens with one attached hydrogen (secondary N) is 8. The third-order valence-corrected chi connectivity index (χ3v) is 14.0. The van der Waals surface area contributed by atoms with Crippen LogP contribution in [0.2, 0.25) is 0 Å². The summed E-state index contributed by atoms with van der Waals surface area (Å²) in [7, 11) is 0. The lowest BCUT2D eigenvalue weighted by Crippen LogP contribution is -2.62. The Kier molecular flexibility index (Phi) is 22.8. The van der Waals surface area contributed by atoms with Crippen LogP contribution in [0.4, 0.5) is 4.79 Å². The first-order valence-electron chi connectivity index (χ1n) is 27.0. The van der Waals surface area contributed by atoms with Gasteiger partial charge in [0.25, 0.3) is 0 Å². The Morgan fingerprint density at radius 2 is 1.33 bits per heavy atom. The molecular formula is C57H74N10O12. The van der Waals surface area contributed by atoms with Gasteiger partial charge in [0.2, 0.25) is 41.4 Å². The van der Waals surface area contributed by atoms with E-state index in [9.17, 15) is 48.3 Å². The second-order valence-electron chi connectivity index (χ2n) is 20.4. The van der Waals surface area contributed by atoms with Crippen molar-refractivity contribution in [1.29, 1.82) is 0 Å². The van der Waals surface area contributed by atoms with Gasteiger partial charge in [0, 0.05) is 44.2 Å². The Morgan fingerprint density at radius 1 is 0.684 bits per heavy atom. The van der Waals surface area contributed by atoms with Crippen molar-refractivity contribution in [3.05, 3.63) is 120 Å². The number of hydrogen-bond donors (Lipinski definition) is 9. The van der Waals surface area contributed by atoms with Crippen molar-refractivity contribution in [2.75, 3.05) is 13.1 Å². The van der Waals surface area contributed by atoms with Crippen LogP contribution in [0.5, 0.6) is 5.75 Å². The van der Waals surface area contributed by atoms with Gasteiger partial charge in [-0.2, -0.15) is 0 Å². The molecule has 79 heavy (non-hydrogen) atoms. The van der Waals surface area contributed by atoms with E-state index in [4.69, 9.17) is 9.47 Å². The van der Waals surface area contributed by atoms with Crippen molar-refractivity contribution in [3.63, 3.8) is 0 Å². The number of hydrogen-bond acceptors (Lipinski definition) is 13. The summed E-state index contributed by atoms with van der Waals surface area (Å²) in [6.45, 7) is 7.00. The molecule has 0 spiro atoms. The lowest BCUT2D eigenvalue weighted by Gasteiger charge is -2.32. The number of carbonyl (C=O) groups is 9. The molecule has 8 amide bonds. The minimum absolute atomic E-state index is 0.0447. The number of phenols is 1. The summed E-state index contributed by atoms with van der Waals surface area (Å²) in [6, 6.07) is 15.0. The molecule has 8 atom stereocenters. The van der Waals surface area contributed by atoms with Crippen LogP contribution in [0.25, 0.3) is 0 Å². The molecule has 6 rings (SSSR count). The number of aromatic hydroxyl groups is 1. The monoisotopic (exact) mass is 1090 g/mol. The highest BCUT2D eigenvalue weighted by Gasteiger charge is 2.41. The topological polar surface area (TPSA) is 308 Å². The summed E-state index contributed by atoms with van der Waals surface area (Å²) in [4.78, 5) is 136. The number of ether oxygens (including phenoxy) is 2. The standard InChI is InChI=1S/C57H74N10O12/c1-5-36(4)49-54(74)63-45(30-40-31-58-34-60-40)55(75)67-28-14-20-46(67)52(72)61-43(56(76)78-32-38-15-8-6-9-16-38)19-12-13-27-59-47(69)26-25-42(64-57(77)79-33-39-17-10-7-11-18-39)50(70)65-48(35(2)3)53(73)62-44(51(71)66-49)29-37-21-23-41(68)24-22-37/h6-11,15-18,21-24,31,34-36,42-46,48-49,68H,5,12-14,19-20,25-30,32-33H2,1-4H3,(H,58,60)(H,59,69)(H,61,72)(H,62,73)(H,63,74)(H,64,77)(H,65,70)(H,66,71)/t36-,42-,43-,44-,45-,46-,48-,49-/m0/s1. The molecule has 2 aliphatic rings. The Labute approximate surface area is 459 Å². The molecule has 2 saturated heterocycles. The van der Waals surface area contributed by atoms with Gasteiger partial charge in [0.1, 0.15) is 61.3 Å². The Morgan fingerprint density at radius 3 is 1.97 bits per heavy atom. The highest BCUT2D eigenvalue weighted by atomic mass is 16.5. The fourth-order valence-electron chi connectivity index (χ4n) is 9.25. The maximum Gasteiger partial charge on any atom is 0.408 e. The number of carbonyl (C=O) groups excluding carboxylic acids is 9. The smallest absolute Gasteiger partial charge is 0.408 e. The number of esters is 1. The van der Waals surface area contributed by atoms with Gasteiger partial charge >= 0.3 is 12.1 Å². The molecule has 3 aromatic carbocycles. The normalized spacial score (nSPS) is 23.1. The predicted molar refractivity (Wildman–Crippen MR) is 289 cm³/mol. The maximum atomic E-state index is 14.8. The summed E-state index contributed by atoms with van der Waals surface area (Å²) in [5.41, 5.74) is 2.41. The largest absolute Gasteiger partial charge is 0.508 e. The minimum atomic E-state index is -1.39. The molecular weight excluding hydrogens is 1020 g/mol. The minimum Gasteiger partial charge on any atom is -0.508 e. The number of aromatic amines is 1. The first-order valence-corrected chi connectivity index (χ1v) is 27.0. The molecule has 2 aliphatic heterocycles. The summed E-state index contributed by atoms with van der Waals surface area (Å²) in [5.74, 6) is -6.67. The lowest BCUT2D eigenvalue weighted by molar-refractivity contribution is -0.150. The van der Waals surface area contributed by atoms with Crippen LogP contribution in [0, 0.1) is 11.8 Å². The van der Waals surface area contributed by atoms with E-state index in [0.29, 0.717) is 42.5 Å². The number of alkyl carbamates (subject to hydrolysis) is 1. The molecule has 424 valence electrons. The number of aromatic nitrogens is 2. The molecule has 22 nitrogen and oxygen atoms in total. The highest BCUT2D eigenvalue weighted by molar-refractivity contribution is 5.98. The van der Waals surface area contributed by atoms with Crippen LogP contribution in [0.1, 0.15) is 101 Å². The lowest BCUT2D eigenvalue weighted by atomic mass is 9.96. The van der Waals surface area contributed by atoms with E-state index < -0.39 is 108 Å². The molecule has 0 aliphatic carbocycles. The van der Waals surface area contributed by atoms with E-state index in [2.05, 4.69) is 47.2 Å². The first-order chi connectivity index (χ1) is 38.0. The predicted octanol–water partition coefficient (Wildman–Crippen LogP) is 3.14. The molecule has 1 aromatic heterocycles. The Balaban J connectivity index is 1.32. The zero-order valence-corrected chi connectivity index (χ0v) is 45.2. The van der Waals surface area contributed by atoms with E-state index in [-0.39, 0.29) is 70.6 Å². The molecule has 0 unspecified atom stereocenters. The van der Waals surface area contributed by atoms with Crippen molar-refractivity contribution < 1.29 is 57.7 Å². The van der Waals surface area contributed by atoms with Gasteiger partial charge in [0.05, 0.1) is 6.33 Å². The summed E-state index contributed by atoms with van der Waals surface area (Å²) in [5, 5.41) is 29.4. The van der Waals surface area contributed by atoms with Gasteiger partial charge in [-0.25, -0.2) is 14.6 Å². The number of rotatable bonds is 13. The quantitative estimate of drug-likeness (QED) is 0.0871. The van der Waals surface area contributed by atoms with Crippen LogP contribution in [0.3, 0.4) is 0 Å². The van der Waals surface area contributed by atoms with Crippen LogP contribution in [0.15, 0.2) is 97.5 Å². The summed E-state index contributed by atoms with van der Waals surface area (Å²) in [6.07, 6.45) is 3.14. The average molecular weight is 1090 g/mol. The number of benzene rings is 3. The highest BCUT2D eigenvalue weighted by Crippen LogP contribution is 2.22. The molecule has 0 saturated carbocycles. The Bertz CT molecular complexity index is 2670. The fourth-order valence-corrected chi connectivity index (χ4v) is 9.25. The van der Waals surface area contributed by atoms with E-state index in [1.807, 2.05) is 13.0 Å². The van der Waals surface area contributed by atoms with E-state index >= 15 is 0 Å². The SMILES string of the molecule is CC[C@H](C)[C@@H]1NC(=O)[C@H](Cc2ccc(O)cc2)NC(=O)[C@H](C(C)C)NC(=O)[C@@H](NC(=O)OCc2ccccc2)CCC(=O)NCCCC[C@@H](C(=O)OCc2ccccc2)NC(=O)[C@@H]2CCCN2C(=O)[C@H](Cc2cnc[nH]2)NC1=O. The second-order valence-corrected chi connectivity index (χ2v) is 20.4. The van der Waals surface area contributed by atoms with E-state index in [1.165, 1.54) is 29.6 Å². The first kappa shape index (κ1) is 59.9. The molecule has 22 heteroatoms. The molecule has 4 aromatic rings. The molecule has 2 fully saturated rings. The third kappa shape index (κ3) is 18.4. The molecule has 0 radical (unpaired) electrons. The number of nitrogens with zero attached hydrogens (tertiary/aromatic N) is 2. The van der Waals surface area contributed by atoms with E-state index in [1.54, 1.807) is 87.5 Å². The zero-order valence-electron chi connectivity index (χ0n) is 45.2. The number of imidazole rings is 1. The van der Waals surface area contributed by atoms with Crippen molar-refractivity contribution in [3.8, 4) is 5.75 Å². The third-order valence-electron chi connectivity index (χ3n) is 14.0. The van der Waals surface area contributed by atoms with Crippen LogP contribution >= 0.6 is 0 Å². The van der Waals surface area contributed by atoms with Gasteiger partial charge in [-0.3, -0.25) is 33.6 Å². The van der Waals surface area contributed by atoms with Crippen molar-refractivity contribution in [2.24, 2.45) is 11.8 Å². The van der Waals surface area contributed by atoms with Crippen LogP contribution in [-0.4, -0.2) is 129 Å². The number of amides is 8. The summed E-state index contributed by atoms with van der Waals surface area (Å²) >= 11 is 0. The number of fused-ring (bicyclic) bond motifs is 1. The zero-order chi connectivity index (χ0) is 56.8. The van der Waals surface area contributed by atoms with Gasteiger partial charge in [-0.1, -0.05) is 107 Å². The van der Waals surface area contributed by atoms with Crippen LogP contribution < -0.4 is 37.2 Å². The summed E-state index contributed by atoms with van der Waals surface area (Å²) < 4.78 is 11.1. The number of H-pyrrole nitrogens is 1. The van der Waals surface area contributed by atoms with E-state index in [0.717, 1.165) is 5.56 Å². The van der Waals surface area contributed by atoms with Gasteiger partial charge < -0.3 is 61.7 Å². The maximum absolute atomic E-state index is 14.8. The second kappa shape index (κ2) is 30.0. The molecule has 9 N–H and O–H groups in total. The van der Waals surface area contributed by atoms with Crippen molar-refractivity contribution in [1.82, 2.24) is 52.1 Å². The molecule has 3 heterocycles. The van der Waals surface area contributed by atoms with Crippen molar-refractivity contribution >= 4 is 53.4 Å². The average Bonchev–Trinajstić information content (AvgIpc) is 4.18. The molecule has 0 bridgehead atoms.